The summed E-state index contributed by atoms with van der Waals surface area (Å²) in [6.45, 7) is 2.89. The van der Waals surface area contributed by atoms with E-state index in [-0.39, 0.29) is 6.10 Å². The zero-order chi connectivity index (χ0) is 13.8. The Morgan fingerprint density at radius 2 is 2.37 bits per heavy atom. The molecule has 0 saturated carbocycles. The Bertz CT molecular complexity index is 461. The van der Waals surface area contributed by atoms with Crippen LogP contribution in [0.3, 0.4) is 0 Å². The van der Waals surface area contributed by atoms with Gasteiger partial charge in [-0.2, -0.15) is 11.8 Å². The second-order valence-electron chi connectivity index (χ2n) is 4.55. The molecule has 1 aliphatic heterocycles. The van der Waals surface area contributed by atoms with Gasteiger partial charge in [0.15, 0.2) is 0 Å². The van der Waals surface area contributed by atoms with Crippen molar-refractivity contribution in [2.24, 2.45) is 0 Å². The van der Waals surface area contributed by atoms with Gasteiger partial charge in [-0.1, -0.05) is 0 Å². The van der Waals surface area contributed by atoms with Crippen molar-refractivity contribution in [1.82, 2.24) is 0 Å². The van der Waals surface area contributed by atoms with Gasteiger partial charge in [0, 0.05) is 23.2 Å². The topological polar surface area (TPSA) is 55.8 Å². The summed E-state index contributed by atoms with van der Waals surface area (Å²) in [5.41, 5.74) is 1.22. The molecular weight excluding hydrogens is 264 g/mol. The first-order valence-electron chi connectivity index (χ1n) is 6.25. The van der Waals surface area contributed by atoms with Crippen LogP contribution >= 0.6 is 11.8 Å². The molecule has 0 amide bonds. The van der Waals surface area contributed by atoms with Crippen LogP contribution in [-0.2, 0) is 10.5 Å². The maximum Gasteiger partial charge on any atom is 0.335 e. The molecular formula is C14H18O4S. The summed E-state index contributed by atoms with van der Waals surface area (Å²) in [5, 5.41) is 9.50. The summed E-state index contributed by atoms with van der Waals surface area (Å²) in [6.07, 6.45) is 1.31. The number of ether oxygens (including phenoxy) is 2. The number of carboxylic acid groups (broad SMARTS) is 1. The van der Waals surface area contributed by atoms with Crippen LogP contribution in [0, 0.1) is 0 Å². The minimum atomic E-state index is -0.911. The quantitative estimate of drug-likeness (QED) is 0.900. The maximum atomic E-state index is 11.0. The lowest BCUT2D eigenvalue weighted by Gasteiger charge is -2.15. The van der Waals surface area contributed by atoms with Gasteiger partial charge in [-0.3, -0.25) is 0 Å². The number of rotatable bonds is 5. The molecule has 1 N–H and O–H groups in total. The van der Waals surface area contributed by atoms with Gasteiger partial charge in [-0.15, -0.1) is 0 Å². The lowest BCUT2D eigenvalue weighted by Crippen LogP contribution is -2.13. The second-order valence-corrected chi connectivity index (χ2v) is 5.77. The molecule has 1 aromatic rings. The van der Waals surface area contributed by atoms with E-state index in [1.807, 2.05) is 0 Å². The molecule has 1 heterocycles. The average Bonchev–Trinajstić information content (AvgIpc) is 2.81. The molecule has 2 rings (SSSR count). The average molecular weight is 282 g/mol. The van der Waals surface area contributed by atoms with Gasteiger partial charge in [-0.05, 0) is 31.5 Å². The third-order valence-corrected chi connectivity index (χ3v) is 4.81. The maximum absolute atomic E-state index is 11.0. The molecule has 5 heteroatoms. The highest BCUT2D eigenvalue weighted by Crippen LogP contribution is 2.32. The summed E-state index contributed by atoms with van der Waals surface area (Å²) in [7, 11) is 1.60. The SMILES string of the molecule is COc1ccc(C(=O)O)cc1CSC1CCOC1C. The largest absolute Gasteiger partial charge is 0.496 e. The Kier molecular flexibility index (Phi) is 4.71. The van der Waals surface area contributed by atoms with E-state index in [1.165, 1.54) is 0 Å². The Hall–Kier alpha value is -1.20. The fourth-order valence-corrected chi connectivity index (χ4v) is 3.38. The first kappa shape index (κ1) is 14.2. The van der Waals surface area contributed by atoms with E-state index in [9.17, 15) is 4.79 Å². The van der Waals surface area contributed by atoms with Crippen molar-refractivity contribution < 1.29 is 19.4 Å². The van der Waals surface area contributed by atoms with Crippen LogP contribution in [0.1, 0.15) is 29.3 Å². The van der Waals surface area contributed by atoms with Crippen molar-refractivity contribution in [3.63, 3.8) is 0 Å². The molecule has 1 aromatic carbocycles. The highest BCUT2D eigenvalue weighted by Gasteiger charge is 2.24. The molecule has 1 saturated heterocycles. The van der Waals surface area contributed by atoms with Gasteiger partial charge in [-0.25, -0.2) is 4.79 Å². The van der Waals surface area contributed by atoms with Crippen molar-refractivity contribution in [3.05, 3.63) is 29.3 Å². The minimum Gasteiger partial charge on any atom is -0.496 e. The number of thioether (sulfide) groups is 1. The summed E-state index contributed by atoms with van der Waals surface area (Å²) < 4.78 is 10.8. The molecule has 0 aromatic heterocycles. The van der Waals surface area contributed by atoms with Crippen LogP contribution in [0.4, 0.5) is 0 Å². The van der Waals surface area contributed by atoms with Gasteiger partial charge in [0.2, 0.25) is 0 Å². The highest BCUT2D eigenvalue weighted by atomic mass is 32.2. The van der Waals surface area contributed by atoms with E-state index in [2.05, 4.69) is 6.92 Å². The predicted octanol–water partition coefficient (Wildman–Crippen LogP) is 2.80. The molecule has 2 atom stereocenters. The van der Waals surface area contributed by atoms with Crippen molar-refractivity contribution >= 4 is 17.7 Å². The van der Waals surface area contributed by atoms with Crippen LogP contribution < -0.4 is 4.74 Å². The van der Waals surface area contributed by atoms with Crippen molar-refractivity contribution in [2.45, 2.75) is 30.5 Å². The van der Waals surface area contributed by atoms with E-state index < -0.39 is 5.97 Å². The number of benzene rings is 1. The van der Waals surface area contributed by atoms with Gasteiger partial charge in [0.25, 0.3) is 0 Å². The van der Waals surface area contributed by atoms with Crippen molar-refractivity contribution in [3.8, 4) is 5.75 Å². The van der Waals surface area contributed by atoms with E-state index in [1.54, 1.807) is 37.1 Å². The molecule has 2 unspecified atom stereocenters. The first-order valence-corrected chi connectivity index (χ1v) is 7.30. The fourth-order valence-electron chi connectivity index (χ4n) is 2.15. The lowest BCUT2D eigenvalue weighted by molar-refractivity contribution is 0.0696. The number of hydrogen-bond donors (Lipinski definition) is 1. The summed E-state index contributed by atoms with van der Waals surface area (Å²) >= 11 is 1.80. The third-order valence-electron chi connectivity index (χ3n) is 3.29. The molecule has 19 heavy (non-hydrogen) atoms. The number of aromatic carboxylic acids is 1. The fraction of sp³-hybridized carbons (Fsp3) is 0.500. The predicted molar refractivity (Wildman–Crippen MR) is 75.1 cm³/mol. The molecule has 0 radical (unpaired) electrons. The standard InChI is InChI=1S/C14H18O4S/c1-9-13(5-6-18-9)19-8-11-7-10(14(15)16)3-4-12(11)17-2/h3-4,7,9,13H,5-6,8H2,1-2H3,(H,15,16). The van der Waals surface area contributed by atoms with Crippen molar-refractivity contribution in [2.75, 3.05) is 13.7 Å². The first-order chi connectivity index (χ1) is 9.11. The third kappa shape index (κ3) is 3.42. The number of carbonyl (C=O) groups is 1. The molecule has 104 valence electrons. The summed E-state index contributed by atoms with van der Waals surface area (Å²) in [6, 6.07) is 4.97. The molecule has 0 bridgehead atoms. The van der Waals surface area contributed by atoms with Crippen LogP contribution in [0.2, 0.25) is 0 Å². The van der Waals surface area contributed by atoms with E-state index in [0.717, 1.165) is 30.1 Å². The van der Waals surface area contributed by atoms with Crippen LogP contribution in [-0.4, -0.2) is 36.1 Å². The molecule has 0 aliphatic carbocycles. The monoisotopic (exact) mass is 282 g/mol. The van der Waals surface area contributed by atoms with Gasteiger partial charge < -0.3 is 14.6 Å². The molecule has 1 fully saturated rings. The van der Waals surface area contributed by atoms with E-state index >= 15 is 0 Å². The Balaban J connectivity index is 2.09. The van der Waals surface area contributed by atoms with E-state index in [4.69, 9.17) is 14.6 Å². The molecule has 0 spiro atoms. The van der Waals surface area contributed by atoms with E-state index in [0.29, 0.717) is 10.8 Å². The number of carboxylic acids is 1. The summed E-state index contributed by atoms with van der Waals surface area (Å²) in [5.74, 6) is 0.568. The van der Waals surface area contributed by atoms with Crippen molar-refractivity contribution in [1.29, 1.82) is 0 Å². The zero-order valence-corrected chi connectivity index (χ0v) is 11.9. The second kappa shape index (κ2) is 6.30. The van der Waals surface area contributed by atoms with Gasteiger partial charge in [0.05, 0.1) is 18.8 Å². The molecule has 1 aliphatic rings. The van der Waals surface area contributed by atoms with Crippen LogP contribution in [0.15, 0.2) is 18.2 Å². The smallest absolute Gasteiger partial charge is 0.335 e. The normalized spacial score (nSPS) is 22.4. The summed E-state index contributed by atoms with van der Waals surface area (Å²) in [4.78, 5) is 11.0. The van der Waals surface area contributed by atoms with Gasteiger partial charge in [0.1, 0.15) is 5.75 Å². The van der Waals surface area contributed by atoms with Crippen LogP contribution in [0.25, 0.3) is 0 Å². The Morgan fingerprint density at radius 1 is 1.58 bits per heavy atom. The van der Waals surface area contributed by atoms with Gasteiger partial charge >= 0.3 is 5.97 Å². The number of hydrogen-bond acceptors (Lipinski definition) is 4. The van der Waals surface area contributed by atoms with Crippen LogP contribution in [0.5, 0.6) is 5.75 Å². The Labute approximate surface area is 117 Å². The highest BCUT2D eigenvalue weighted by molar-refractivity contribution is 7.99. The Morgan fingerprint density at radius 3 is 2.95 bits per heavy atom. The zero-order valence-electron chi connectivity index (χ0n) is 11.1. The number of methoxy groups -OCH3 is 1. The molecule has 4 nitrogen and oxygen atoms in total. The lowest BCUT2D eigenvalue weighted by atomic mass is 10.1. The minimum absolute atomic E-state index is 0.263.